The third kappa shape index (κ3) is 4.58. The van der Waals surface area contributed by atoms with E-state index in [1.807, 2.05) is 0 Å². The van der Waals surface area contributed by atoms with Gasteiger partial charge >= 0.3 is 0 Å². The summed E-state index contributed by atoms with van der Waals surface area (Å²) in [6, 6.07) is 7.33. The Kier molecular flexibility index (Phi) is 6.13. The van der Waals surface area contributed by atoms with Gasteiger partial charge < -0.3 is 4.74 Å². The van der Waals surface area contributed by atoms with Crippen molar-refractivity contribution in [1.82, 2.24) is 0 Å². The molecule has 0 aromatic heterocycles. The second-order valence-corrected chi connectivity index (χ2v) is 12.0. The highest BCUT2D eigenvalue weighted by Crippen LogP contribution is 2.53. The molecule has 0 radical (unpaired) electrons. The molecule has 4 atom stereocenters. The SMILES string of the molecule is CCCCCCC(C)(CC1CS1)c1ccc2c(c1)OC(C)(C)[C@H]1CC=C(C)C[C@H]21. The van der Waals surface area contributed by atoms with Crippen molar-refractivity contribution in [2.75, 3.05) is 5.75 Å². The van der Waals surface area contributed by atoms with Crippen LogP contribution in [0.2, 0.25) is 0 Å². The zero-order chi connectivity index (χ0) is 20.6. The first kappa shape index (κ1) is 21.3. The lowest BCUT2D eigenvalue weighted by Crippen LogP contribution is -2.45. The van der Waals surface area contributed by atoms with Crippen LogP contribution in [0.15, 0.2) is 29.8 Å². The van der Waals surface area contributed by atoms with Crippen molar-refractivity contribution in [3.63, 3.8) is 0 Å². The quantitative estimate of drug-likeness (QED) is 0.243. The van der Waals surface area contributed by atoms with Gasteiger partial charge in [-0.25, -0.2) is 0 Å². The van der Waals surface area contributed by atoms with Crippen molar-refractivity contribution in [3.05, 3.63) is 41.0 Å². The van der Waals surface area contributed by atoms with Crippen molar-refractivity contribution in [2.45, 2.75) is 108 Å². The minimum absolute atomic E-state index is 0.0860. The van der Waals surface area contributed by atoms with Crippen LogP contribution in [0.5, 0.6) is 5.75 Å². The van der Waals surface area contributed by atoms with Crippen molar-refractivity contribution < 1.29 is 4.74 Å². The lowest BCUT2D eigenvalue weighted by molar-refractivity contribution is 0.00835. The third-order valence-electron chi connectivity index (χ3n) is 7.79. The Morgan fingerprint density at radius 1 is 1.21 bits per heavy atom. The van der Waals surface area contributed by atoms with Crippen LogP contribution in [-0.2, 0) is 5.41 Å². The van der Waals surface area contributed by atoms with Crippen molar-refractivity contribution in [3.8, 4) is 5.75 Å². The zero-order valence-corrected chi connectivity index (χ0v) is 20.0. The highest BCUT2D eigenvalue weighted by Gasteiger charge is 2.45. The van der Waals surface area contributed by atoms with Gasteiger partial charge in [-0.1, -0.05) is 63.3 Å². The molecule has 1 aliphatic carbocycles. The third-order valence-corrected chi connectivity index (χ3v) is 8.76. The Hall–Kier alpha value is -0.890. The maximum atomic E-state index is 6.69. The molecule has 1 nitrogen and oxygen atoms in total. The molecule has 1 aromatic carbocycles. The predicted molar refractivity (Wildman–Crippen MR) is 127 cm³/mol. The first-order valence-corrected chi connectivity index (χ1v) is 13.0. The summed E-state index contributed by atoms with van der Waals surface area (Å²) < 4.78 is 6.69. The molecule has 29 heavy (non-hydrogen) atoms. The van der Waals surface area contributed by atoms with Gasteiger partial charge in [-0.15, -0.1) is 0 Å². The van der Waals surface area contributed by atoms with Crippen molar-refractivity contribution in [1.29, 1.82) is 0 Å². The molecule has 1 saturated heterocycles. The number of hydrogen-bond donors (Lipinski definition) is 0. The monoisotopic (exact) mass is 412 g/mol. The van der Waals surface area contributed by atoms with Gasteiger partial charge in [0.2, 0.25) is 0 Å². The summed E-state index contributed by atoms with van der Waals surface area (Å²) in [4.78, 5) is 0. The summed E-state index contributed by atoms with van der Waals surface area (Å²) in [5.41, 5.74) is 4.71. The number of thioether (sulfide) groups is 1. The van der Waals surface area contributed by atoms with Crippen molar-refractivity contribution in [2.24, 2.45) is 5.92 Å². The van der Waals surface area contributed by atoms with Gasteiger partial charge in [0.25, 0.3) is 0 Å². The number of benzene rings is 1. The van der Waals surface area contributed by atoms with E-state index in [4.69, 9.17) is 4.74 Å². The molecular formula is C27H40OS. The highest BCUT2D eigenvalue weighted by molar-refractivity contribution is 8.06. The van der Waals surface area contributed by atoms with E-state index in [2.05, 4.69) is 70.7 Å². The smallest absolute Gasteiger partial charge is 0.123 e. The Labute approximate surface area is 183 Å². The molecule has 0 bridgehead atoms. The molecule has 0 N–H and O–H groups in total. The lowest BCUT2D eigenvalue weighted by atomic mass is 9.66. The fourth-order valence-corrected chi connectivity index (χ4v) is 6.56. The largest absolute Gasteiger partial charge is 0.487 e. The fraction of sp³-hybridized carbons (Fsp3) is 0.704. The van der Waals surface area contributed by atoms with Crippen molar-refractivity contribution >= 4 is 11.8 Å². The van der Waals surface area contributed by atoms with Crippen LogP contribution in [0.4, 0.5) is 0 Å². The Morgan fingerprint density at radius 3 is 2.72 bits per heavy atom. The van der Waals surface area contributed by atoms with E-state index in [9.17, 15) is 0 Å². The van der Waals surface area contributed by atoms with E-state index < -0.39 is 0 Å². The summed E-state index contributed by atoms with van der Waals surface area (Å²) in [7, 11) is 0. The molecular weight excluding hydrogens is 372 g/mol. The predicted octanol–water partition coefficient (Wildman–Crippen LogP) is 8.03. The maximum Gasteiger partial charge on any atom is 0.123 e. The first-order chi connectivity index (χ1) is 13.8. The minimum Gasteiger partial charge on any atom is -0.487 e. The molecule has 2 aliphatic heterocycles. The molecule has 1 aromatic rings. The Balaban J connectivity index is 1.62. The minimum atomic E-state index is -0.0860. The van der Waals surface area contributed by atoms with Crippen LogP contribution in [0.25, 0.3) is 0 Å². The second kappa shape index (κ2) is 8.33. The lowest BCUT2D eigenvalue weighted by Gasteiger charge is -2.47. The molecule has 3 aliphatic rings. The summed E-state index contributed by atoms with van der Waals surface area (Å²) in [5.74, 6) is 3.73. The molecule has 2 heterocycles. The van der Waals surface area contributed by atoms with E-state index in [0.717, 1.165) is 11.7 Å². The normalized spacial score (nSPS) is 29.1. The van der Waals surface area contributed by atoms with Gasteiger partial charge in [0.1, 0.15) is 11.4 Å². The first-order valence-electron chi connectivity index (χ1n) is 11.9. The Bertz CT molecular complexity index is 760. The zero-order valence-electron chi connectivity index (χ0n) is 19.2. The topological polar surface area (TPSA) is 9.23 Å². The molecule has 0 spiro atoms. The number of allylic oxidation sites excluding steroid dienone is 2. The molecule has 0 amide bonds. The number of ether oxygens (including phenoxy) is 1. The summed E-state index contributed by atoms with van der Waals surface area (Å²) in [6.07, 6.45) is 12.8. The number of fused-ring (bicyclic) bond motifs is 3. The molecule has 4 rings (SSSR count). The summed E-state index contributed by atoms with van der Waals surface area (Å²) in [5, 5.41) is 0.870. The van der Waals surface area contributed by atoms with Gasteiger partial charge in [0.15, 0.2) is 0 Å². The van der Waals surface area contributed by atoms with E-state index in [-0.39, 0.29) is 11.0 Å². The average molecular weight is 413 g/mol. The standard InChI is InChI=1S/C27H40OS/c1-6-7-8-9-14-27(5,17-21-18-29-21)20-11-12-22-23-15-19(2)10-13-24(23)26(3,4)28-25(22)16-20/h10-12,16,21,23-24H,6-9,13-15,17-18H2,1-5H3/t21?,23-,24+,27?/m1/s1. The number of rotatable bonds is 8. The van der Waals surface area contributed by atoms with Gasteiger partial charge in [-0.2, -0.15) is 11.8 Å². The molecule has 0 saturated carbocycles. The van der Waals surface area contributed by atoms with Crippen LogP contribution in [0.3, 0.4) is 0 Å². The van der Waals surface area contributed by atoms with Crippen LogP contribution >= 0.6 is 11.8 Å². The number of hydrogen-bond acceptors (Lipinski definition) is 2. The molecule has 2 heteroatoms. The van der Waals surface area contributed by atoms with E-state index in [1.54, 1.807) is 5.57 Å². The summed E-state index contributed by atoms with van der Waals surface area (Å²) >= 11 is 2.14. The second-order valence-electron chi connectivity index (χ2n) is 10.7. The molecule has 2 unspecified atom stereocenters. The van der Waals surface area contributed by atoms with Gasteiger partial charge in [0, 0.05) is 16.9 Å². The van der Waals surface area contributed by atoms with Gasteiger partial charge in [-0.05, 0) is 75.0 Å². The van der Waals surface area contributed by atoms with Crippen LogP contribution < -0.4 is 4.74 Å². The maximum absolute atomic E-state index is 6.69. The molecule has 1 fully saturated rings. The molecule has 160 valence electrons. The number of unbranched alkanes of at least 4 members (excludes halogenated alkanes) is 3. The van der Waals surface area contributed by atoms with Crippen LogP contribution in [0, 0.1) is 5.92 Å². The van der Waals surface area contributed by atoms with Gasteiger partial charge in [-0.3, -0.25) is 0 Å². The highest BCUT2D eigenvalue weighted by atomic mass is 32.2. The summed E-state index contributed by atoms with van der Waals surface area (Å²) in [6.45, 7) is 11.7. The van der Waals surface area contributed by atoms with E-state index in [0.29, 0.717) is 11.8 Å². The average Bonchev–Trinajstić information content (AvgIpc) is 3.48. The van der Waals surface area contributed by atoms with E-state index >= 15 is 0 Å². The van der Waals surface area contributed by atoms with Crippen LogP contribution in [-0.4, -0.2) is 16.6 Å². The van der Waals surface area contributed by atoms with Gasteiger partial charge in [0.05, 0.1) is 0 Å². The van der Waals surface area contributed by atoms with E-state index in [1.165, 1.54) is 67.6 Å². The Morgan fingerprint density at radius 2 is 2.00 bits per heavy atom. The fourth-order valence-electron chi connectivity index (χ4n) is 5.82. The van der Waals surface area contributed by atoms with Crippen LogP contribution in [0.1, 0.15) is 103 Å².